The molecule has 0 fully saturated rings. The topological polar surface area (TPSA) is 41.5 Å². The lowest BCUT2D eigenvalue weighted by Gasteiger charge is -2.10. The molecule has 2 N–H and O–H groups in total. The van der Waals surface area contributed by atoms with Gasteiger partial charge >= 0.3 is 0 Å². The molecule has 2 aromatic rings. The molecule has 0 spiro atoms. The lowest BCUT2D eigenvalue weighted by molar-refractivity contribution is 0.415. The van der Waals surface area contributed by atoms with E-state index in [1.807, 2.05) is 12.1 Å². The lowest BCUT2D eigenvalue weighted by atomic mass is 10.2. The number of nitrogens with one attached hydrogen (secondary N) is 1. The number of hydrogen-bond donors (Lipinski definition) is 2. The van der Waals surface area contributed by atoms with Crippen molar-refractivity contribution in [3.63, 3.8) is 0 Å². The van der Waals surface area contributed by atoms with Crippen molar-refractivity contribution >= 4 is 40.5 Å². The molecule has 0 bridgehead atoms. The summed E-state index contributed by atoms with van der Waals surface area (Å²) >= 11 is 17.8. The van der Waals surface area contributed by atoms with Crippen LogP contribution in [0.5, 0.6) is 11.5 Å². The number of benzene rings is 2. The Morgan fingerprint density at radius 1 is 1.05 bits per heavy atom. The Balaban J connectivity index is 2.11. The zero-order chi connectivity index (χ0) is 14.7. The minimum atomic E-state index is -0.119. The SMILES string of the molecule is COc1ccc(CNc2cc(Cl)c(O)c(Cl)c2)cc1Cl. The molecule has 106 valence electrons. The van der Waals surface area contributed by atoms with Crippen LogP contribution in [0.15, 0.2) is 30.3 Å². The van der Waals surface area contributed by atoms with Gasteiger partial charge in [0.05, 0.1) is 22.2 Å². The van der Waals surface area contributed by atoms with Gasteiger partial charge in [0.15, 0.2) is 5.75 Å². The molecule has 0 amide bonds. The number of methoxy groups -OCH3 is 1. The van der Waals surface area contributed by atoms with Gasteiger partial charge in [-0.3, -0.25) is 0 Å². The first kappa shape index (κ1) is 15.1. The van der Waals surface area contributed by atoms with Crippen LogP contribution < -0.4 is 10.1 Å². The second-order valence-electron chi connectivity index (χ2n) is 4.11. The second kappa shape index (κ2) is 6.44. The largest absolute Gasteiger partial charge is 0.505 e. The standard InChI is InChI=1S/C14H12Cl3NO2/c1-20-13-3-2-8(4-10(13)15)7-18-9-5-11(16)14(19)12(17)6-9/h2-6,18-19H,7H2,1H3. The Morgan fingerprint density at radius 2 is 1.70 bits per heavy atom. The fourth-order valence-electron chi connectivity index (χ4n) is 1.69. The average Bonchev–Trinajstić information content (AvgIpc) is 2.42. The Morgan fingerprint density at radius 3 is 2.25 bits per heavy atom. The molecule has 0 saturated heterocycles. The van der Waals surface area contributed by atoms with Gasteiger partial charge in [0.2, 0.25) is 0 Å². The normalized spacial score (nSPS) is 10.4. The molecule has 0 aliphatic carbocycles. The van der Waals surface area contributed by atoms with Gasteiger partial charge in [0, 0.05) is 12.2 Å². The van der Waals surface area contributed by atoms with E-state index in [0.717, 1.165) is 5.56 Å². The summed E-state index contributed by atoms with van der Waals surface area (Å²) in [5.74, 6) is 0.512. The molecule has 3 nitrogen and oxygen atoms in total. The van der Waals surface area contributed by atoms with E-state index in [0.29, 0.717) is 23.0 Å². The van der Waals surface area contributed by atoms with Gasteiger partial charge in [-0.25, -0.2) is 0 Å². The highest BCUT2D eigenvalue weighted by Crippen LogP contribution is 2.34. The summed E-state index contributed by atoms with van der Waals surface area (Å²) < 4.78 is 5.09. The number of halogens is 3. The smallest absolute Gasteiger partial charge is 0.152 e. The van der Waals surface area contributed by atoms with E-state index < -0.39 is 0 Å². The fourth-order valence-corrected chi connectivity index (χ4v) is 2.46. The van der Waals surface area contributed by atoms with E-state index in [4.69, 9.17) is 39.5 Å². The van der Waals surface area contributed by atoms with Crippen LogP contribution in [0.1, 0.15) is 5.56 Å². The Bertz CT molecular complexity index is 609. The monoisotopic (exact) mass is 331 g/mol. The van der Waals surface area contributed by atoms with Crippen molar-refractivity contribution in [3.05, 3.63) is 51.0 Å². The number of anilines is 1. The van der Waals surface area contributed by atoms with E-state index in [2.05, 4.69) is 5.32 Å². The van der Waals surface area contributed by atoms with Crippen molar-refractivity contribution in [3.8, 4) is 11.5 Å². The Hall–Kier alpha value is -1.29. The van der Waals surface area contributed by atoms with Crippen LogP contribution >= 0.6 is 34.8 Å². The molecule has 2 aromatic carbocycles. The Kier molecular flexibility index (Phi) is 4.86. The van der Waals surface area contributed by atoms with E-state index in [1.54, 1.807) is 25.3 Å². The highest BCUT2D eigenvalue weighted by atomic mass is 35.5. The molecule has 0 aliphatic rings. The zero-order valence-corrected chi connectivity index (χ0v) is 12.9. The quantitative estimate of drug-likeness (QED) is 0.776. The van der Waals surface area contributed by atoms with Gasteiger partial charge in [-0.15, -0.1) is 0 Å². The van der Waals surface area contributed by atoms with Crippen molar-refractivity contribution < 1.29 is 9.84 Å². The van der Waals surface area contributed by atoms with Crippen molar-refractivity contribution in [2.24, 2.45) is 0 Å². The maximum absolute atomic E-state index is 9.49. The number of phenolic OH excluding ortho intramolecular Hbond substituents is 1. The number of aromatic hydroxyl groups is 1. The summed E-state index contributed by atoms with van der Waals surface area (Å²) in [6.07, 6.45) is 0. The van der Waals surface area contributed by atoms with Gasteiger partial charge in [-0.2, -0.15) is 0 Å². The summed E-state index contributed by atoms with van der Waals surface area (Å²) in [5, 5.41) is 13.6. The first-order valence-corrected chi connectivity index (χ1v) is 6.89. The van der Waals surface area contributed by atoms with E-state index in [9.17, 15) is 5.11 Å². The average molecular weight is 333 g/mol. The van der Waals surface area contributed by atoms with Crippen molar-refractivity contribution in [2.75, 3.05) is 12.4 Å². The predicted molar refractivity (Wildman–Crippen MR) is 83.5 cm³/mol. The molecule has 0 unspecified atom stereocenters. The predicted octanol–water partition coefficient (Wildman–Crippen LogP) is 4.97. The summed E-state index contributed by atoms with van der Waals surface area (Å²) in [4.78, 5) is 0. The first-order valence-electron chi connectivity index (χ1n) is 5.75. The molecule has 20 heavy (non-hydrogen) atoms. The molecule has 0 saturated carbocycles. The molecule has 0 heterocycles. The van der Waals surface area contributed by atoms with E-state index >= 15 is 0 Å². The van der Waals surface area contributed by atoms with Gasteiger partial charge in [0.1, 0.15) is 5.75 Å². The molecule has 0 aromatic heterocycles. The van der Waals surface area contributed by atoms with Crippen LogP contribution in [-0.4, -0.2) is 12.2 Å². The van der Waals surface area contributed by atoms with E-state index in [-0.39, 0.29) is 15.8 Å². The summed E-state index contributed by atoms with van der Waals surface area (Å²) in [7, 11) is 1.57. The van der Waals surface area contributed by atoms with Gasteiger partial charge in [0.25, 0.3) is 0 Å². The third-order valence-corrected chi connectivity index (χ3v) is 3.60. The molecule has 0 radical (unpaired) electrons. The molecule has 0 aliphatic heterocycles. The zero-order valence-electron chi connectivity index (χ0n) is 10.6. The Labute approximate surface area is 132 Å². The van der Waals surface area contributed by atoms with Crippen molar-refractivity contribution in [1.82, 2.24) is 0 Å². The number of phenols is 1. The van der Waals surface area contributed by atoms with Crippen LogP contribution in [0, 0.1) is 0 Å². The van der Waals surface area contributed by atoms with Gasteiger partial charge < -0.3 is 15.2 Å². The third-order valence-electron chi connectivity index (χ3n) is 2.73. The molecular weight excluding hydrogens is 321 g/mol. The molecule has 6 heteroatoms. The third kappa shape index (κ3) is 3.42. The van der Waals surface area contributed by atoms with E-state index in [1.165, 1.54) is 0 Å². The molecule has 0 atom stereocenters. The maximum atomic E-state index is 9.49. The summed E-state index contributed by atoms with van der Waals surface area (Å²) in [6.45, 7) is 0.543. The number of hydrogen-bond acceptors (Lipinski definition) is 3. The fraction of sp³-hybridized carbons (Fsp3) is 0.143. The molecule has 2 rings (SSSR count). The minimum absolute atomic E-state index is 0.119. The van der Waals surface area contributed by atoms with Gasteiger partial charge in [-0.1, -0.05) is 40.9 Å². The van der Waals surface area contributed by atoms with Crippen LogP contribution in [-0.2, 0) is 6.54 Å². The van der Waals surface area contributed by atoms with Gasteiger partial charge in [-0.05, 0) is 29.8 Å². The van der Waals surface area contributed by atoms with Crippen LogP contribution in [0.4, 0.5) is 5.69 Å². The highest BCUT2D eigenvalue weighted by Gasteiger charge is 2.07. The first-order chi connectivity index (χ1) is 9.51. The van der Waals surface area contributed by atoms with Crippen LogP contribution in [0.2, 0.25) is 15.1 Å². The molecular formula is C14H12Cl3NO2. The lowest BCUT2D eigenvalue weighted by Crippen LogP contribution is -1.99. The second-order valence-corrected chi connectivity index (χ2v) is 5.33. The van der Waals surface area contributed by atoms with Crippen LogP contribution in [0.25, 0.3) is 0 Å². The summed E-state index contributed by atoms with van der Waals surface area (Å²) in [6, 6.07) is 8.73. The highest BCUT2D eigenvalue weighted by molar-refractivity contribution is 6.37. The van der Waals surface area contributed by atoms with Crippen LogP contribution in [0.3, 0.4) is 0 Å². The summed E-state index contributed by atoms with van der Waals surface area (Å²) in [5.41, 5.74) is 1.70. The van der Waals surface area contributed by atoms with Crippen molar-refractivity contribution in [1.29, 1.82) is 0 Å². The number of ether oxygens (including phenoxy) is 1. The minimum Gasteiger partial charge on any atom is -0.505 e. The maximum Gasteiger partial charge on any atom is 0.152 e. The van der Waals surface area contributed by atoms with Crippen molar-refractivity contribution in [2.45, 2.75) is 6.54 Å². The number of rotatable bonds is 4.